The predicted octanol–water partition coefficient (Wildman–Crippen LogP) is 3.87. The lowest BCUT2D eigenvalue weighted by Crippen LogP contribution is -1.94. The summed E-state index contributed by atoms with van der Waals surface area (Å²) in [7, 11) is 0. The molecule has 0 aliphatic rings. The van der Waals surface area contributed by atoms with Gasteiger partial charge in [-0.2, -0.15) is 0 Å². The second-order valence-corrected chi connectivity index (χ2v) is 5.63. The molecule has 96 valence electrons. The summed E-state index contributed by atoms with van der Waals surface area (Å²) in [5.41, 5.74) is 2.05. The van der Waals surface area contributed by atoms with Gasteiger partial charge in [-0.3, -0.25) is 0 Å². The van der Waals surface area contributed by atoms with Crippen molar-refractivity contribution in [3.8, 4) is 11.3 Å². The van der Waals surface area contributed by atoms with Gasteiger partial charge in [0.2, 0.25) is 0 Å². The summed E-state index contributed by atoms with van der Waals surface area (Å²) in [6.07, 6.45) is 0. The average molecular weight is 273 g/mol. The highest BCUT2D eigenvalue weighted by atomic mass is 32.1. The van der Waals surface area contributed by atoms with E-state index >= 15 is 0 Å². The largest absolute Gasteiger partial charge is 0.476 e. The van der Waals surface area contributed by atoms with Gasteiger partial charge in [-0.25, -0.2) is 4.79 Å². The topological polar surface area (TPSA) is 63.3 Å². The van der Waals surface area contributed by atoms with Gasteiger partial charge in [-0.15, -0.1) is 11.3 Å². The smallest absolute Gasteiger partial charge is 0.358 e. The Morgan fingerprint density at radius 3 is 2.79 bits per heavy atom. The third-order valence-electron chi connectivity index (χ3n) is 3.19. The van der Waals surface area contributed by atoms with Crippen LogP contribution in [0.3, 0.4) is 0 Å². The average Bonchev–Trinajstić information content (AvgIpc) is 2.96. The summed E-state index contributed by atoms with van der Waals surface area (Å²) in [6.45, 7) is 4.20. The van der Waals surface area contributed by atoms with E-state index in [1.807, 2.05) is 18.2 Å². The molecular formula is C14H11NO3S. The number of benzene rings is 1. The minimum atomic E-state index is -1.08. The Labute approximate surface area is 113 Å². The molecule has 0 unspecified atom stereocenters. The van der Waals surface area contributed by atoms with E-state index in [0.717, 1.165) is 5.56 Å². The molecule has 0 aliphatic heterocycles. The number of carboxylic acid groups (broad SMARTS) is 1. The number of fused-ring (bicyclic) bond motifs is 1. The molecule has 0 saturated heterocycles. The van der Waals surface area contributed by atoms with Gasteiger partial charge >= 0.3 is 5.97 Å². The molecule has 0 spiro atoms. The quantitative estimate of drug-likeness (QED) is 0.769. The SMILES string of the molecule is Cc1sc2cc(-c3cc(C(=O)O)no3)ccc2c1C. The zero-order valence-electron chi connectivity index (χ0n) is 10.4. The zero-order valence-corrected chi connectivity index (χ0v) is 11.2. The molecule has 0 bridgehead atoms. The van der Waals surface area contributed by atoms with Crippen molar-refractivity contribution in [3.05, 3.63) is 40.4 Å². The summed E-state index contributed by atoms with van der Waals surface area (Å²) < 4.78 is 6.24. The zero-order chi connectivity index (χ0) is 13.6. The number of hydrogen-bond donors (Lipinski definition) is 1. The van der Waals surface area contributed by atoms with Gasteiger partial charge in [0.25, 0.3) is 0 Å². The molecule has 4 nitrogen and oxygen atoms in total. The highest BCUT2D eigenvalue weighted by Crippen LogP contribution is 2.33. The number of aryl methyl sites for hydroxylation is 2. The highest BCUT2D eigenvalue weighted by Gasteiger charge is 2.13. The van der Waals surface area contributed by atoms with Crippen LogP contribution in [0.2, 0.25) is 0 Å². The molecule has 5 heteroatoms. The number of thiophene rings is 1. The van der Waals surface area contributed by atoms with Gasteiger partial charge in [0.15, 0.2) is 11.5 Å². The maximum absolute atomic E-state index is 10.8. The molecule has 0 radical (unpaired) electrons. The molecule has 2 aromatic heterocycles. The number of nitrogens with zero attached hydrogens (tertiary/aromatic N) is 1. The van der Waals surface area contributed by atoms with Crippen LogP contribution in [0.25, 0.3) is 21.4 Å². The predicted molar refractivity (Wildman–Crippen MR) is 73.8 cm³/mol. The van der Waals surface area contributed by atoms with E-state index in [2.05, 4.69) is 19.0 Å². The van der Waals surface area contributed by atoms with Crippen molar-refractivity contribution in [3.63, 3.8) is 0 Å². The van der Waals surface area contributed by atoms with Crippen molar-refractivity contribution in [1.29, 1.82) is 0 Å². The van der Waals surface area contributed by atoms with Crippen LogP contribution in [0.5, 0.6) is 0 Å². The van der Waals surface area contributed by atoms with Gasteiger partial charge in [0.05, 0.1) is 0 Å². The van der Waals surface area contributed by atoms with Crippen molar-refractivity contribution in [2.45, 2.75) is 13.8 Å². The van der Waals surface area contributed by atoms with E-state index in [1.54, 1.807) is 11.3 Å². The Morgan fingerprint density at radius 1 is 1.32 bits per heavy atom. The third-order valence-corrected chi connectivity index (χ3v) is 4.36. The first-order valence-corrected chi connectivity index (χ1v) is 6.58. The molecule has 1 aromatic carbocycles. The number of carboxylic acids is 1. The van der Waals surface area contributed by atoms with E-state index in [-0.39, 0.29) is 5.69 Å². The number of aromatic nitrogens is 1. The molecule has 0 saturated carbocycles. The maximum Gasteiger partial charge on any atom is 0.358 e. The fourth-order valence-electron chi connectivity index (χ4n) is 2.01. The minimum absolute atomic E-state index is 0.0753. The standard InChI is InChI=1S/C14H11NO3S/c1-7-8(2)19-13-5-9(3-4-10(7)13)12-6-11(14(16)17)15-18-12/h3-6H,1-2H3,(H,16,17). The molecule has 0 amide bonds. The first-order chi connectivity index (χ1) is 9.06. The van der Waals surface area contributed by atoms with Crippen LogP contribution in [0.15, 0.2) is 28.8 Å². The van der Waals surface area contributed by atoms with Gasteiger partial charge in [0, 0.05) is 21.2 Å². The van der Waals surface area contributed by atoms with Crippen LogP contribution in [0.1, 0.15) is 20.9 Å². The normalized spacial score (nSPS) is 11.1. The van der Waals surface area contributed by atoms with E-state index in [0.29, 0.717) is 5.76 Å². The van der Waals surface area contributed by atoms with Crippen LogP contribution < -0.4 is 0 Å². The summed E-state index contributed by atoms with van der Waals surface area (Å²) in [5, 5.41) is 13.6. The molecule has 3 aromatic rings. The molecule has 3 rings (SSSR count). The summed E-state index contributed by atoms with van der Waals surface area (Å²) in [6, 6.07) is 7.41. The molecule has 0 aliphatic carbocycles. The number of hydrogen-bond acceptors (Lipinski definition) is 4. The molecule has 0 atom stereocenters. The van der Waals surface area contributed by atoms with Crippen LogP contribution in [-0.2, 0) is 0 Å². The maximum atomic E-state index is 10.8. The van der Waals surface area contributed by atoms with Gasteiger partial charge in [-0.05, 0) is 30.9 Å². The summed E-state index contributed by atoms with van der Waals surface area (Å²) in [5.74, 6) is -0.609. The van der Waals surface area contributed by atoms with Crippen LogP contribution in [0, 0.1) is 13.8 Å². The minimum Gasteiger partial charge on any atom is -0.476 e. The number of rotatable bonds is 2. The summed E-state index contributed by atoms with van der Waals surface area (Å²) in [4.78, 5) is 12.1. The van der Waals surface area contributed by atoms with E-state index < -0.39 is 5.97 Å². The Morgan fingerprint density at radius 2 is 2.11 bits per heavy atom. The summed E-state index contributed by atoms with van der Waals surface area (Å²) >= 11 is 1.72. The van der Waals surface area contributed by atoms with Crippen LogP contribution >= 0.6 is 11.3 Å². The molecule has 19 heavy (non-hydrogen) atoms. The van der Waals surface area contributed by atoms with Crippen molar-refractivity contribution < 1.29 is 14.4 Å². The Hall–Kier alpha value is -2.14. The van der Waals surface area contributed by atoms with E-state index in [4.69, 9.17) is 9.63 Å². The Bertz CT molecular complexity index is 785. The first-order valence-electron chi connectivity index (χ1n) is 5.76. The fourth-order valence-corrected chi connectivity index (χ4v) is 3.12. The fraction of sp³-hybridized carbons (Fsp3) is 0.143. The Balaban J connectivity index is 2.12. The van der Waals surface area contributed by atoms with Crippen molar-refractivity contribution in [2.75, 3.05) is 0 Å². The Kier molecular flexibility index (Phi) is 2.64. The first kappa shape index (κ1) is 11.9. The second-order valence-electron chi connectivity index (χ2n) is 4.38. The molecule has 1 N–H and O–H groups in total. The van der Waals surface area contributed by atoms with Crippen molar-refractivity contribution in [1.82, 2.24) is 5.16 Å². The van der Waals surface area contributed by atoms with E-state index in [1.165, 1.54) is 26.6 Å². The van der Waals surface area contributed by atoms with Gasteiger partial charge < -0.3 is 9.63 Å². The number of aromatic carboxylic acids is 1. The lowest BCUT2D eigenvalue weighted by molar-refractivity contribution is 0.0686. The van der Waals surface area contributed by atoms with Crippen LogP contribution in [-0.4, -0.2) is 16.2 Å². The highest BCUT2D eigenvalue weighted by molar-refractivity contribution is 7.19. The monoisotopic (exact) mass is 273 g/mol. The molecule has 2 heterocycles. The van der Waals surface area contributed by atoms with Crippen LogP contribution in [0.4, 0.5) is 0 Å². The molecule has 0 fully saturated rings. The number of carbonyl (C=O) groups is 1. The third kappa shape index (κ3) is 1.92. The van der Waals surface area contributed by atoms with Crippen molar-refractivity contribution >= 4 is 27.4 Å². The second kappa shape index (κ2) is 4.20. The molecular weight excluding hydrogens is 262 g/mol. The van der Waals surface area contributed by atoms with Crippen molar-refractivity contribution in [2.24, 2.45) is 0 Å². The van der Waals surface area contributed by atoms with Gasteiger partial charge in [0.1, 0.15) is 0 Å². The van der Waals surface area contributed by atoms with E-state index in [9.17, 15) is 4.79 Å². The lowest BCUT2D eigenvalue weighted by Gasteiger charge is -1.96. The van der Waals surface area contributed by atoms with Gasteiger partial charge in [-0.1, -0.05) is 17.3 Å². The lowest BCUT2D eigenvalue weighted by atomic mass is 10.1.